The molecule has 0 atom stereocenters. The number of nitrogens with zero attached hydrogens (tertiary/aromatic N) is 2. The van der Waals surface area contributed by atoms with E-state index in [4.69, 9.17) is 16.3 Å². The number of hydrogen-bond donors (Lipinski definition) is 1. The van der Waals surface area contributed by atoms with Gasteiger partial charge in [-0.1, -0.05) is 29.3 Å². The van der Waals surface area contributed by atoms with Gasteiger partial charge in [-0.25, -0.2) is 8.42 Å². The van der Waals surface area contributed by atoms with Gasteiger partial charge in [0.2, 0.25) is 5.91 Å². The number of hydrogen-bond acceptors (Lipinski definition) is 5. The van der Waals surface area contributed by atoms with Gasteiger partial charge in [-0.05, 0) is 51.4 Å². The van der Waals surface area contributed by atoms with Crippen LogP contribution in [-0.4, -0.2) is 60.1 Å². The lowest BCUT2D eigenvalue weighted by Gasteiger charge is -2.25. The first-order valence-corrected chi connectivity index (χ1v) is 10.8. The number of benzene rings is 2. The first-order chi connectivity index (χ1) is 13.6. The van der Waals surface area contributed by atoms with Gasteiger partial charge in [0.25, 0.3) is 10.0 Å². The highest BCUT2D eigenvalue weighted by Crippen LogP contribution is 2.31. The van der Waals surface area contributed by atoms with Gasteiger partial charge in [-0.3, -0.25) is 9.10 Å². The number of rotatable bonds is 9. The van der Waals surface area contributed by atoms with Crippen LogP contribution in [0.3, 0.4) is 0 Å². The molecule has 0 unspecified atom stereocenters. The number of amides is 1. The summed E-state index contributed by atoms with van der Waals surface area (Å²) in [4.78, 5) is 14.5. The van der Waals surface area contributed by atoms with Crippen molar-refractivity contribution in [2.45, 2.75) is 11.8 Å². The van der Waals surface area contributed by atoms with E-state index >= 15 is 0 Å². The Morgan fingerprint density at radius 3 is 2.34 bits per heavy atom. The van der Waals surface area contributed by atoms with Crippen molar-refractivity contribution in [2.75, 3.05) is 45.1 Å². The van der Waals surface area contributed by atoms with E-state index in [0.29, 0.717) is 18.8 Å². The lowest BCUT2D eigenvalue weighted by molar-refractivity contribution is -0.119. The molecule has 0 bridgehead atoms. The van der Waals surface area contributed by atoms with E-state index in [-0.39, 0.29) is 22.2 Å². The minimum absolute atomic E-state index is 0.0936. The number of aryl methyl sites for hydroxylation is 1. The molecule has 0 aromatic heterocycles. The number of nitrogens with one attached hydrogen (secondary N) is 1. The molecule has 2 aromatic carbocycles. The van der Waals surface area contributed by atoms with Crippen LogP contribution in [0.5, 0.6) is 5.75 Å². The topological polar surface area (TPSA) is 79.0 Å². The summed E-state index contributed by atoms with van der Waals surface area (Å²) in [5.74, 6) is 0.00742. The lowest BCUT2D eigenvalue weighted by Crippen LogP contribution is -2.42. The molecule has 0 spiro atoms. The largest absolute Gasteiger partial charge is 0.495 e. The smallest absolute Gasteiger partial charge is 0.264 e. The first kappa shape index (κ1) is 23.0. The van der Waals surface area contributed by atoms with Gasteiger partial charge < -0.3 is 15.0 Å². The summed E-state index contributed by atoms with van der Waals surface area (Å²) >= 11 is 6.19. The quantitative estimate of drug-likeness (QED) is 0.649. The molecule has 158 valence electrons. The van der Waals surface area contributed by atoms with Crippen molar-refractivity contribution in [3.05, 3.63) is 53.1 Å². The zero-order valence-electron chi connectivity index (χ0n) is 17.0. The Kier molecular flexibility index (Phi) is 7.89. The summed E-state index contributed by atoms with van der Waals surface area (Å²) in [5.41, 5.74) is 1.21. The van der Waals surface area contributed by atoms with Crippen molar-refractivity contribution in [3.63, 3.8) is 0 Å². The molecule has 0 saturated carbocycles. The number of sulfonamides is 1. The summed E-state index contributed by atoms with van der Waals surface area (Å²) in [7, 11) is 1.27. The highest BCUT2D eigenvalue weighted by Gasteiger charge is 2.27. The van der Waals surface area contributed by atoms with Gasteiger partial charge in [0, 0.05) is 13.1 Å². The normalized spacial score (nSPS) is 11.4. The molecule has 0 aliphatic carbocycles. The van der Waals surface area contributed by atoms with Gasteiger partial charge in [-0.15, -0.1) is 0 Å². The van der Waals surface area contributed by atoms with Gasteiger partial charge in [-0.2, -0.15) is 0 Å². The molecule has 0 radical (unpaired) electrons. The minimum Gasteiger partial charge on any atom is -0.495 e. The van der Waals surface area contributed by atoms with Crippen molar-refractivity contribution in [2.24, 2.45) is 0 Å². The van der Waals surface area contributed by atoms with E-state index in [1.54, 1.807) is 24.3 Å². The zero-order chi connectivity index (χ0) is 21.6. The van der Waals surface area contributed by atoms with Crippen LogP contribution in [0.15, 0.2) is 47.4 Å². The monoisotopic (exact) mass is 439 g/mol. The molecule has 29 heavy (non-hydrogen) atoms. The van der Waals surface area contributed by atoms with Crippen molar-refractivity contribution in [3.8, 4) is 5.75 Å². The van der Waals surface area contributed by atoms with E-state index in [9.17, 15) is 13.2 Å². The second kappa shape index (κ2) is 9.96. The Morgan fingerprint density at radius 1 is 1.14 bits per heavy atom. The van der Waals surface area contributed by atoms with E-state index in [1.165, 1.54) is 25.3 Å². The molecule has 0 heterocycles. The fourth-order valence-corrected chi connectivity index (χ4v) is 4.23. The van der Waals surface area contributed by atoms with E-state index in [2.05, 4.69) is 5.32 Å². The maximum absolute atomic E-state index is 13.3. The van der Waals surface area contributed by atoms with E-state index in [0.717, 1.165) is 9.87 Å². The fourth-order valence-electron chi connectivity index (χ4n) is 2.57. The maximum atomic E-state index is 13.3. The number of ether oxygens (including phenoxy) is 1. The van der Waals surface area contributed by atoms with Crippen LogP contribution in [0, 0.1) is 6.92 Å². The molecule has 0 aliphatic rings. The maximum Gasteiger partial charge on any atom is 0.264 e. The van der Waals surface area contributed by atoms with Gasteiger partial charge in [0.05, 0.1) is 22.7 Å². The molecule has 0 aliphatic heterocycles. The number of anilines is 1. The Bertz CT molecular complexity index is 947. The van der Waals surface area contributed by atoms with Gasteiger partial charge >= 0.3 is 0 Å². The van der Waals surface area contributed by atoms with Crippen molar-refractivity contribution < 1.29 is 17.9 Å². The third kappa shape index (κ3) is 6.09. The van der Waals surface area contributed by atoms with Crippen molar-refractivity contribution in [1.82, 2.24) is 10.2 Å². The van der Waals surface area contributed by atoms with E-state index in [1.807, 2.05) is 25.9 Å². The van der Waals surface area contributed by atoms with Crippen LogP contribution in [0.25, 0.3) is 0 Å². The summed E-state index contributed by atoms with van der Waals surface area (Å²) in [6.07, 6.45) is 0. The van der Waals surface area contributed by atoms with Crippen LogP contribution in [-0.2, 0) is 14.8 Å². The van der Waals surface area contributed by atoms with Gasteiger partial charge in [0.1, 0.15) is 12.3 Å². The summed E-state index contributed by atoms with van der Waals surface area (Å²) < 4.78 is 32.8. The average Bonchev–Trinajstić information content (AvgIpc) is 2.66. The third-order valence-electron chi connectivity index (χ3n) is 4.20. The van der Waals surface area contributed by atoms with Crippen LogP contribution in [0.4, 0.5) is 5.69 Å². The van der Waals surface area contributed by atoms with Crippen LogP contribution >= 0.6 is 11.6 Å². The number of carbonyl (C=O) groups is 1. The first-order valence-electron chi connectivity index (χ1n) is 8.99. The number of halogens is 1. The third-order valence-corrected chi connectivity index (χ3v) is 6.28. The lowest BCUT2D eigenvalue weighted by atomic mass is 10.2. The molecule has 1 N–H and O–H groups in total. The summed E-state index contributed by atoms with van der Waals surface area (Å²) in [6, 6.07) is 11.1. The second-order valence-electron chi connectivity index (χ2n) is 6.80. The Balaban J connectivity index is 2.38. The molecule has 0 saturated heterocycles. The average molecular weight is 440 g/mol. The highest BCUT2D eigenvalue weighted by molar-refractivity contribution is 7.92. The minimum atomic E-state index is -3.98. The fraction of sp³-hybridized carbons (Fsp3) is 0.350. The Morgan fingerprint density at radius 2 is 1.79 bits per heavy atom. The summed E-state index contributed by atoms with van der Waals surface area (Å²) in [6.45, 7) is 2.56. The number of methoxy groups -OCH3 is 1. The zero-order valence-corrected chi connectivity index (χ0v) is 18.5. The van der Waals surface area contributed by atoms with Crippen molar-refractivity contribution in [1.29, 1.82) is 0 Å². The molecule has 2 aromatic rings. The standard InChI is InChI=1S/C20H26ClN3O4S/c1-15-5-8-17(9-6-15)29(26,27)24(14-20(25)22-11-12-23(2)3)16-7-10-19(28-4)18(21)13-16/h5-10,13H,11-12,14H2,1-4H3,(H,22,25). The van der Waals surface area contributed by atoms with Crippen LogP contribution < -0.4 is 14.4 Å². The van der Waals surface area contributed by atoms with Crippen LogP contribution in [0.2, 0.25) is 5.02 Å². The molecule has 0 fully saturated rings. The molecule has 1 amide bonds. The Labute approximate surface area is 177 Å². The van der Waals surface area contributed by atoms with Crippen LogP contribution in [0.1, 0.15) is 5.56 Å². The second-order valence-corrected chi connectivity index (χ2v) is 9.07. The molecule has 2 rings (SSSR count). The molecule has 7 nitrogen and oxygen atoms in total. The number of likely N-dealkylation sites (N-methyl/N-ethyl adjacent to an activating group) is 1. The van der Waals surface area contributed by atoms with Crippen molar-refractivity contribution >= 4 is 33.2 Å². The predicted octanol–water partition coefficient (Wildman–Crippen LogP) is 2.53. The Hall–Kier alpha value is -2.29. The van der Waals surface area contributed by atoms with Gasteiger partial charge in [0.15, 0.2) is 0 Å². The SMILES string of the molecule is COc1ccc(N(CC(=O)NCCN(C)C)S(=O)(=O)c2ccc(C)cc2)cc1Cl. The molecule has 9 heteroatoms. The molecular formula is C20H26ClN3O4S. The predicted molar refractivity (Wildman–Crippen MR) is 115 cm³/mol. The van der Waals surface area contributed by atoms with E-state index < -0.39 is 15.9 Å². The summed E-state index contributed by atoms with van der Waals surface area (Å²) in [5, 5.41) is 2.99. The highest BCUT2D eigenvalue weighted by atomic mass is 35.5. The number of carbonyl (C=O) groups excluding carboxylic acids is 1. The molecular weight excluding hydrogens is 414 g/mol.